The van der Waals surface area contributed by atoms with Crippen LogP contribution in [0.5, 0.6) is 0 Å². The highest BCUT2D eigenvalue weighted by atomic mass is 32.2. The van der Waals surface area contributed by atoms with Gasteiger partial charge in [-0.05, 0) is 49.9 Å². The van der Waals surface area contributed by atoms with Crippen molar-refractivity contribution in [2.24, 2.45) is 0 Å². The number of aromatic nitrogens is 2. The van der Waals surface area contributed by atoms with E-state index < -0.39 is 10.0 Å². The van der Waals surface area contributed by atoms with Gasteiger partial charge in [0.05, 0.1) is 17.6 Å². The van der Waals surface area contributed by atoms with E-state index >= 15 is 0 Å². The highest BCUT2D eigenvalue weighted by Gasteiger charge is 2.42. The van der Waals surface area contributed by atoms with Gasteiger partial charge in [0, 0.05) is 48.3 Å². The number of likely N-dealkylation sites (N-methyl/N-ethyl adjacent to an activating group) is 1. The molecule has 0 saturated carbocycles. The van der Waals surface area contributed by atoms with Gasteiger partial charge in [-0.1, -0.05) is 12.1 Å². The Balaban J connectivity index is 1.30. The topological polar surface area (TPSA) is 90.5 Å². The molecule has 2 unspecified atom stereocenters. The van der Waals surface area contributed by atoms with E-state index in [1.165, 1.54) is 6.07 Å². The molecule has 2 aromatic carbocycles. The number of piperazine rings is 1. The summed E-state index contributed by atoms with van der Waals surface area (Å²) in [6.07, 6.45) is 3.81. The van der Waals surface area contributed by atoms with Gasteiger partial charge in [-0.3, -0.25) is 9.62 Å². The molecule has 1 aromatic heterocycles. The molecule has 8 nitrogen and oxygen atoms in total. The maximum atomic E-state index is 14.9. The summed E-state index contributed by atoms with van der Waals surface area (Å²) in [5, 5.41) is 3.08. The molecule has 0 amide bonds. The number of anilines is 4. The van der Waals surface area contributed by atoms with Crippen molar-refractivity contribution in [1.29, 1.82) is 0 Å². The van der Waals surface area contributed by atoms with E-state index in [1.54, 1.807) is 36.5 Å². The second-order valence-electron chi connectivity index (χ2n) is 8.64. The van der Waals surface area contributed by atoms with Gasteiger partial charge in [-0.25, -0.2) is 22.8 Å². The van der Waals surface area contributed by atoms with E-state index in [0.29, 0.717) is 40.8 Å². The van der Waals surface area contributed by atoms with Crippen molar-refractivity contribution in [2.45, 2.75) is 18.5 Å². The molecular formula is C23H25FN6O2S. The van der Waals surface area contributed by atoms with Gasteiger partial charge in [0.25, 0.3) is 0 Å². The lowest BCUT2D eigenvalue weighted by Crippen LogP contribution is -2.44. The Kier molecular flexibility index (Phi) is 5.41. The molecule has 2 aliphatic heterocycles. The number of halogens is 1. The molecule has 5 rings (SSSR count). The number of benzene rings is 2. The number of rotatable bonds is 6. The van der Waals surface area contributed by atoms with Crippen LogP contribution in [0.25, 0.3) is 11.3 Å². The Labute approximate surface area is 192 Å². The average molecular weight is 469 g/mol. The fraction of sp³-hybridized carbons (Fsp3) is 0.304. The predicted molar refractivity (Wildman–Crippen MR) is 128 cm³/mol. The van der Waals surface area contributed by atoms with Crippen molar-refractivity contribution in [3.8, 4) is 11.3 Å². The SMILES string of the molecule is CN1CC2CC1CN2c1ccc(Nc2nccc(-c3ccc(NS(C)(=O)=O)cc3)n2)cc1F. The number of hydrogen-bond donors (Lipinski definition) is 2. The third-order valence-electron chi connectivity index (χ3n) is 6.17. The van der Waals surface area contributed by atoms with E-state index in [1.807, 2.05) is 12.1 Å². The molecule has 2 fully saturated rings. The largest absolute Gasteiger partial charge is 0.363 e. The average Bonchev–Trinajstić information content (AvgIpc) is 3.33. The lowest BCUT2D eigenvalue weighted by Gasteiger charge is -2.33. The van der Waals surface area contributed by atoms with Crippen LogP contribution in [0.15, 0.2) is 54.7 Å². The van der Waals surface area contributed by atoms with Crippen LogP contribution in [0.2, 0.25) is 0 Å². The molecule has 2 N–H and O–H groups in total. The van der Waals surface area contributed by atoms with Crippen molar-refractivity contribution < 1.29 is 12.8 Å². The first kappa shape index (κ1) is 21.6. The number of nitrogens with zero attached hydrogens (tertiary/aromatic N) is 4. The monoisotopic (exact) mass is 468 g/mol. The molecule has 0 aliphatic carbocycles. The van der Waals surface area contributed by atoms with Gasteiger partial charge in [0.1, 0.15) is 5.82 Å². The Bertz CT molecular complexity index is 1280. The highest BCUT2D eigenvalue weighted by Crippen LogP contribution is 2.35. The lowest BCUT2D eigenvalue weighted by atomic mass is 10.1. The quantitative estimate of drug-likeness (QED) is 0.574. The summed E-state index contributed by atoms with van der Waals surface area (Å²) in [5.41, 5.74) is 3.14. The molecule has 0 spiro atoms. The van der Waals surface area contributed by atoms with E-state index in [-0.39, 0.29) is 5.82 Å². The summed E-state index contributed by atoms with van der Waals surface area (Å²) in [6, 6.07) is 14.6. The first-order chi connectivity index (χ1) is 15.7. The maximum absolute atomic E-state index is 14.9. The number of hydrogen-bond acceptors (Lipinski definition) is 7. The Morgan fingerprint density at radius 1 is 1.03 bits per heavy atom. The molecule has 33 heavy (non-hydrogen) atoms. The van der Waals surface area contributed by atoms with Crippen molar-refractivity contribution in [2.75, 3.05) is 41.3 Å². The molecule has 2 bridgehead atoms. The van der Waals surface area contributed by atoms with E-state index in [4.69, 9.17) is 0 Å². The van der Waals surface area contributed by atoms with Gasteiger partial charge in [-0.2, -0.15) is 0 Å². The van der Waals surface area contributed by atoms with Crippen LogP contribution in [-0.2, 0) is 10.0 Å². The van der Waals surface area contributed by atoms with E-state index in [9.17, 15) is 12.8 Å². The number of sulfonamides is 1. The van der Waals surface area contributed by atoms with Gasteiger partial charge in [0.15, 0.2) is 0 Å². The van der Waals surface area contributed by atoms with Crippen molar-refractivity contribution in [3.05, 3.63) is 60.5 Å². The minimum Gasteiger partial charge on any atom is -0.363 e. The minimum atomic E-state index is -3.33. The van der Waals surface area contributed by atoms with Crippen LogP contribution in [0.3, 0.4) is 0 Å². The van der Waals surface area contributed by atoms with Crippen LogP contribution in [0.1, 0.15) is 6.42 Å². The maximum Gasteiger partial charge on any atom is 0.229 e. The predicted octanol–water partition coefficient (Wildman–Crippen LogP) is 3.29. The molecule has 3 heterocycles. The zero-order valence-corrected chi connectivity index (χ0v) is 19.2. The van der Waals surface area contributed by atoms with Crippen LogP contribution >= 0.6 is 0 Å². The second kappa shape index (κ2) is 8.27. The molecule has 2 atom stereocenters. The molecule has 3 aromatic rings. The second-order valence-corrected chi connectivity index (χ2v) is 10.4. The van der Waals surface area contributed by atoms with Crippen LogP contribution < -0.4 is 14.9 Å². The summed E-state index contributed by atoms with van der Waals surface area (Å²) >= 11 is 0. The first-order valence-corrected chi connectivity index (χ1v) is 12.6. The summed E-state index contributed by atoms with van der Waals surface area (Å²) in [5.74, 6) is 0.0835. The van der Waals surface area contributed by atoms with Crippen LogP contribution in [0.4, 0.5) is 27.4 Å². The van der Waals surface area contributed by atoms with Gasteiger partial charge in [-0.15, -0.1) is 0 Å². The lowest BCUT2D eigenvalue weighted by molar-refractivity contribution is 0.292. The van der Waals surface area contributed by atoms with Gasteiger partial charge >= 0.3 is 0 Å². The summed E-state index contributed by atoms with van der Waals surface area (Å²) in [4.78, 5) is 13.3. The molecule has 0 radical (unpaired) electrons. The zero-order valence-electron chi connectivity index (χ0n) is 18.4. The fourth-order valence-electron chi connectivity index (χ4n) is 4.61. The van der Waals surface area contributed by atoms with E-state index in [0.717, 1.165) is 31.3 Å². The number of nitrogens with one attached hydrogen (secondary N) is 2. The van der Waals surface area contributed by atoms with Crippen molar-refractivity contribution >= 4 is 33.0 Å². The Morgan fingerprint density at radius 3 is 2.42 bits per heavy atom. The Morgan fingerprint density at radius 2 is 1.79 bits per heavy atom. The minimum absolute atomic E-state index is 0.264. The van der Waals surface area contributed by atoms with E-state index in [2.05, 4.69) is 36.9 Å². The molecular weight excluding hydrogens is 443 g/mol. The number of fused-ring (bicyclic) bond motifs is 2. The Hall–Kier alpha value is -3.24. The van der Waals surface area contributed by atoms with Gasteiger partial charge in [0.2, 0.25) is 16.0 Å². The third kappa shape index (κ3) is 4.62. The zero-order chi connectivity index (χ0) is 23.2. The van der Waals surface area contributed by atoms with Crippen LogP contribution in [-0.4, -0.2) is 61.8 Å². The first-order valence-electron chi connectivity index (χ1n) is 10.7. The van der Waals surface area contributed by atoms with Gasteiger partial charge < -0.3 is 10.2 Å². The molecule has 172 valence electrons. The highest BCUT2D eigenvalue weighted by molar-refractivity contribution is 7.92. The normalized spacial score (nSPS) is 20.3. The third-order valence-corrected chi connectivity index (χ3v) is 6.77. The van der Waals surface area contributed by atoms with Crippen LogP contribution in [0, 0.1) is 5.82 Å². The summed E-state index contributed by atoms with van der Waals surface area (Å²) in [7, 11) is -1.21. The molecule has 2 saturated heterocycles. The molecule has 10 heteroatoms. The van der Waals surface area contributed by atoms with Crippen molar-refractivity contribution in [1.82, 2.24) is 14.9 Å². The fourth-order valence-corrected chi connectivity index (χ4v) is 5.17. The van der Waals surface area contributed by atoms with Crippen molar-refractivity contribution in [3.63, 3.8) is 0 Å². The summed E-state index contributed by atoms with van der Waals surface area (Å²) < 4.78 is 40.1. The smallest absolute Gasteiger partial charge is 0.229 e. The summed E-state index contributed by atoms with van der Waals surface area (Å²) in [6.45, 7) is 1.82. The molecule has 2 aliphatic rings. The standard InChI is InChI=1S/C23H25FN6O2S/c1-29-13-19-12-18(29)14-30(19)22-8-7-17(11-20(22)24)26-23-25-10-9-21(27-23)15-3-5-16(6-4-15)28-33(2,31)32/h3-11,18-19,28H,12-14H2,1-2H3,(H,25,26,27). The number of likely N-dealkylation sites (tertiary alicyclic amines) is 1.